The summed E-state index contributed by atoms with van der Waals surface area (Å²) in [5, 5.41) is 9.96. The van der Waals surface area contributed by atoms with Gasteiger partial charge in [0, 0.05) is 17.3 Å². The van der Waals surface area contributed by atoms with Gasteiger partial charge >= 0.3 is 0 Å². The number of anilines is 1. The zero-order valence-electron chi connectivity index (χ0n) is 13.6. The Hall–Kier alpha value is -3.18. The number of fused-ring (bicyclic) bond motifs is 1. The van der Waals surface area contributed by atoms with E-state index in [2.05, 4.69) is 15.0 Å². The number of aromatic nitrogens is 4. The van der Waals surface area contributed by atoms with E-state index in [1.807, 2.05) is 23.1 Å². The lowest BCUT2D eigenvalue weighted by Gasteiger charge is -2.23. The van der Waals surface area contributed by atoms with Crippen LogP contribution in [0.25, 0.3) is 16.9 Å². The summed E-state index contributed by atoms with van der Waals surface area (Å²) in [6.07, 6.45) is 3.09. The first kappa shape index (κ1) is 16.3. The van der Waals surface area contributed by atoms with Crippen molar-refractivity contribution in [2.75, 3.05) is 11.4 Å². The van der Waals surface area contributed by atoms with Crippen molar-refractivity contribution in [1.29, 1.82) is 5.26 Å². The van der Waals surface area contributed by atoms with E-state index in [9.17, 15) is 10.1 Å². The summed E-state index contributed by atoms with van der Waals surface area (Å²) in [6, 6.07) is 8.71. The Morgan fingerprint density at radius 2 is 2.08 bits per heavy atom. The number of nitrogens with two attached hydrogens (primary N) is 1. The maximum Gasteiger partial charge on any atom is 0.240 e. The van der Waals surface area contributed by atoms with Crippen LogP contribution in [-0.2, 0) is 4.79 Å². The second-order valence-corrected chi connectivity index (χ2v) is 6.44. The van der Waals surface area contributed by atoms with E-state index in [1.165, 1.54) is 0 Å². The molecule has 2 aromatic heterocycles. The van der Waals surface area contributed by atoms with Gasteiger partial charge in [-0.25, -0.2) is 4.98 Å². The van der Waals surface area contributed by atoms with E-state index in [4.69, 9.17) is 17.3 Å². The largest absolute Gasteiger partial charge is 0.368 e. The van der Waals surface area contributed by atoms with Gasteiger partial charge in [-0.1, -0.05) is 11.6 Å². The van der Waals surface area contributed by atoms with E-state index in [-0.39, 0.29) is 5.82 Å². The van der Waals surface area contributed by atoms with E-state index in [0.717, 1.165) is 12.1 Å². The fraction of sp³-hybridized carbons (Fsp3) is 0.235. The Labute approximate surface area is 153 Å². The number of imidazole rings is 1. The molecular formula is C17H14ClN7O. The highest BCUT2D eigenvalue weighted by atomic mass is 35.5. The average molecular weight is 368 g/mol. The summed E-state index contributed by atoms with van der Waals surface area (Å²) in [4.78, 5) is 26.6. The fourth-order valence-corrected chi connectivity index (χ4v) is 3.37. The monoisotopic (exact) mass is 367 g/mol. The second kappa shape index (κ2) is 6.28. The normalized spacial score (nSPS) is 16.8. The zero-order chi connectivity index (χ0) is 18.3. The standard InChI is InChI=1S/C17H14ClN7O/c18-10-3-5-11(6-4-10)25-9-21-14-16(22-13(8-19)23-17(14)25)24-7-1-2-12(24)15(20)26/h3-6,9,12H,1-2,7H2,(H2,20,26)/t12-/m0/s1. The molecule has 0 radical (unpaired) electrons. The number of carbonyl (C=O) groups excluding carboxylic acids is 1. The molecular weight excluding hydrogens is 354 g/mol. The third-order valence-corrected chi connectivity index (χ3v) is 4.69. The van der Waals surface area contributed by atoms with Crippen LogP contribution in [0.15, 0.2) is 30.6 Å². The number of hydrogen-bond donors (Lipinski definition) is 1. The van der Waals surface area contributed by atoms with E-state index < -0.39 is 11.9 Å². The van der Waals surface area contributed by atoms with Gasteiger partial charge in [-0.15, -0.1) is 0 Å². The van der Waals surface area contributed by atoms with Crippen LogP contribution in [0.3, 0.4) is 0 Å². The van der Waals surface area contributed by atoms with Crippen molar-refractivity contribution < 1.29 is 4.79 Å². The quantitative estimate of drug-likeness (QED) is 0.754. The molecule has 1 aliphatic heterocycles. The number of rotatable bonds is 3. The maximum absolute atomic E-state index is 11.8. The topological polar surface area (TPSA) is 114 Å². The Morgan fingerprint density at radius 1 is 1.31 bits per heavy atom. The molecule has 130 valence electrons. The summed E-state index contributed by atoms with van der Waals surface area (Å²) in [7, 11) is 0. The Bertz CT molecular complexity index is 1040. The molecule has 9 heteroatoms. The van der Waals surface area contributed by atoms with Crippen molar-refractivity contribution in [3.8, 4) is 11.8 Å². The lowest BCUT2D eigenvalue weighted by atomic mass is 10.2. The van der Waals surface area contributed by atoms with Crippen LogP contribution in [0.1, 0.15) is 18.7 Å². The molecule has 1 atom stereocenters. The average Bonchev–Trinajstić information content (AvgIpc) is 3.28. The van der Waals surface area contributed by atoms with Crippen LogP contribution in [0.4, 0.5) is 5.82 Å². The molecule has 4 rings (SSSR count). The predicted octanol–water partition coefficient (Wildman–Crippen LogP) is 1.79. The number of hydrogen-bond acceptors (Lipinski definition) is 6. The van der Waals surface area contributed by atoms with Gasteiger partial charge in [-0.3, -0.25) is 9.36 Å². The van der Waals surface area contributed by atoms with Crippen LogP contribution < -0.4 is 10.6 Å². The van der Waals surface area contributed by atoms with Gasteiger partial charge in [0.2, 0.25) is 11.7 Å². The van der Waals surface area contributed by atoms with Gasteiger partial charge in [0.1, 0.15) is 18.4 Å². The molecule has 0 spiro atoms. The molecule has 1 saturated heterocycles. The van der Waals surface area contributed by atoms with E-state index >= 15 is 0 Å². The first-order chi connectivity index (χ1) is 12.6. The molecule has 1 fully saturated rings. The van der Waals surface area contributed by atoms with Crippen LogP contribution in [-0.4, -0.2) is 38.0 Å². The minimum atomic E-state index is -0.458. The number of benzene rings is 1. The number of nitriles is 1. The van der Waals surface area contributed by atoms with Crippen molar-refractivity contribution >= 4 is 34.5 Å². The Kier molecular flexibility index (Phi) is 3.93. The molecule has 0 saturated carbocycles. The van der Waals surface area contributed by atoms with Crippen molar-refractivity contribution in [3.63, 3.8) is 0 Å². The number of halogens is 1. The Morgan fingerprint density at radius 3 is 2.77 bits per heavy atom. The van der Waals surface area contributed by atoms with E-state index in [0.29, 0.717) is 35.0 Å². The number of primary amides is 1. The number of nitrogens with zero attached hydrogens (tertiary/aromatic N) is 6. The van der Waals surface area contributed by atoms with Gasteiger partial charge < -0.3 is 10.6 Å². The summed E-state index contributed by atoms with van der Waals surface area (Å²) >= 11 is 5.95. The van der Waals surface area contributed by atoms with Crippen LogP contribution in [0, 0.1) is 11.3 Å². The molecule has 0 aliphatic carbocycles. The highest BCUT2D eigenvalue weighted by molar-refractivity contribution is 6.30. The van der Waals surface area contributed by atoms with Gasteiger partial charge in [-0.05, 0) is 37.1 Å². The lowest BCUT2D eigenvalue weighted by molar-refractivity contribution is -0.119. The smallest absolute Gasteiger partial charge is 0.240 e. The fourth-order valence-electron chi connectivity index (χ4n) is 3.24. The third-order valence-electron chi connectivity index (χ3n) is 4.44. The van der Waals surface area contributed by atoms with Gasteiger partial charge in [-0.2, -0.15) is 15.2 Å². The molecule has 26 heavy (non-hydrogen) atoms. The molecule has 1 aromatic carbocycles. The minimum Gasteiger partial charge on any atom is -0.368 e. The molecule has 3 aromatic rings. The van der Waals surface area contributed by atoms with Crippen molar-refractivity contribution in [2.45, 2.75) is 18.9 Å². The summed E-state index contributed by atoms with van der Waals surface area (Å²) in [5.74, 6) is 0.0591. The second-order valence-electron chi connectivity index (χ2n) is 6.00. The summed E-state index contributed by atoms with van der Waals surface area (Å²) in [6.45, 7) is 0.623. The van der Waals surface area contributed by atoms with Gasteiger partial charge in [0.05, 0.1) is 0 Å². The number of carbonyl (C=O) groups is 1. The summed E-state index contributed by atoms with van der Waals surface area (Å²) < 4.78 is 1.76. The lowest BCUT2D eigenvalue weighted by Crippen LogP contribution is -2.41. The predicted molar refractivity (Wildman–Crippen MR) is 95.9 cm³/mol. The van der Waals surface area contributed by atoms with Gasteiger partial charge in [0.25, 0.3) is 0 Å². The summed E-state index contributed by atoms with van der Waals surface area (Å²) in [5.41, 5.74) is 7.34. The van der Waals surface area contributed by atoms with Crippen LogP contribution in [0.2, 0.25) is 5.02 Å². The first-order valence-electron chi connectivity index (χ1n) is 8.05. The molecule has 0 unspecified atom stereocenters. The zero-order valence-corrected chi connectivity index (χ0v) is 14.4. The van der Waals surface area contributed by atoms with Crippen LogP contribution in [0.5, 0.6) is 0 Å². The molecule has 1 amide bonds. The highest BCUT2D eigenvalue weighted by Crippen LogP contribution is 2.30. The van der Waals surface area contributed by atoms with Crippen LogP contribution >= 0.6 is 11.6 Å². The minimum absolute atomic E-state index is 0.0123. The highest BCUT2D eigenvalue weighted by Gasteiger charge is 2.32. The Balaban J connectivity index is 1.91. The molecule has 3 heterocycles. The van der Waals surface area contributed by atoms with Crippen molar-refractivity contribution in [2.24, 2.45) is 5.73 Å². The molecule has 2 N–H and O–H groups in total. The molecule has 1 aliphatic rings. The van der Waals surface area contributed by atoms with Gasteiger partial charge in [0.15, 0.2) is 17.0 Å². The SMILES string of the molecule is N#Cc1nc(N2CCC[C@H]2C(N)=O)c2ncn(-c3ccc(Cl)cc3)c2n1. The van der Waals surface area contributed by atoms with E-state index in [1.54, 1.807) is 23.0 Å². The maximum atomic E-state index is 11.8. The molecule has 8 nitrogen and oxygen atoms in total. The first-order valence-corrected chi connectivity index (χ1v) is 8.43. The molecule has 0 bridgehead atoms. The third kappa shape index (κ3) is 2.62. The van der Waals surface area contributed by atoms with Crippen molar-refractivity contribution in [1.82, 2.24) is 19.5 Å². The van der Waals surface area contributed by atoms with Crippen molar-refractivity contribution in [3.05, 3.63) is 41.4 Å². The number of amides is 1.